The number of para-hydroxylation sites is 1. The third-order valence-corrected chi connectivity index (χ3v) is 11.2. The number of hydrogen-bond acceptors (Lipinski definition) is 12. The van der Waals surface area contributed by atoms with Gasteiger partial charge in [0.25, 0.3) is 0 Å². The largest absolute Gasteiger partial charge is 0.507 e. The quantitative estimate of drug-likeness (QED) is 0.132. The molecule has 54 heavy (non-hydrogen) atoms. The van der Waals surface area contributed by atoms with Gasteiger partial charge in [0, 0.05) is 56.2 Å². The van der Waals surface area contributed by atoms with E-state index in [1.807, 2.05) is 46.2 Å². The molecule has 0 saturated carbocycles. The van der Waals surface area contributed by atoms with E-state index in [0.29, 0.717) is 55.0 Å². The number of aliphatic hydroxyl groups is 1. The van der Waals surface area contributed by atoms with Crippen molar-refractivity contribution in [1.29, 1.82) is 0 Å². The molecule has 2 fully saturated rings. The Balaban J connectivity index is 1.06. The number of likely N-dealkylation sites (tertiary alicyclic amines) is 1. The lowest BCUT2D eigenvalue weighted by molar-refractivity contribution is -0.136. The first kappa shape index (κ1) is 38.5. The fraction of sp³-hybridized carbons (Fsp3) is 0.425. The van der Waals surface area contributed by atoms with Gasteiger partial charge in [-0.1, -0.05) is 63.7 Å². The number of piperidine rings is 1. The van der Waals surface area contributed by atoms with Crippen LogP contribution in [0.25, 0.3) is 21.7 Å². The molecule has 6 rings (SSSR count). The smallest absolute Gasteiger partial charge is 0.408 e. The number of aryl methyl sites for hydroxylation is 1. The van der Waals surface area contributed by atoms with Gasteiger partial charge in [-0.05, 0) is 48.6 Å². The van der Waals surface area contributed by atoms with Crippen LogP contribution in [0.15, 0.2) is 72.4 Å². The van der Waals surface area contributed by atoms with Gasteiger partial charge in [0.05, 0.1) is 39.6 Å². The number of nitrogens with one attached hydrogen (secondary N) is 2. The van der Waals surface area contributed by atoms with E-state index in [9.17, 15) is 19.8 Å². The molecule has 2 amide bonds. The first-order valence-electron chi connectivity index (χ1n) is 18.3. The molecule has 2 aliphatic rings. The second-order valence-corrected chi connectivity index (χ2v) is 16.1. The van der Waals surface area contributed by atoms with Crippen LogP contribution in [-0.2, 0) is 9.53 Å². The van der Waals surface area contributed by atoms with E-state index in [1.165, 1.54) is 0 Å². The zero-order valence-corrected chi connectivity index (χ0v) is 32.3. The maximum Gasteiger partial charge on any atom is 0.408 e. The molecule has 4 aromatic rings. The Hall–Kier alpha value is -5.21. The zero-order valence-electron chi connectivity index (χ0n) is 31.5. The molecule has 2 aromatic heterocycles. The number of aromatic hydroxyl groups is 1. The number of nitrogen functional groups attached to an aromatic ring is 1. The molecule has 4 atom stereocenters. The number of carbonyl (C=O) groups excluding carboxylic acids is 2. The molecular weight excluding hydrogens is 705 g/mol. The number of rotatable bonds is 10. The molecule has 0 aliphatic carbocycles. The minimum atomic E-state index is -0.915. The lowest BCUT2D eigenvalue weighted by atomic mass is 9.85. The number of β-amino-alcohol motifs (C(OH)–C–C–N with tert-alkyl or cyclic N) is 1. The van der Waals surface area contributed by atoms with Crippen molar-refractivity contribution in [2.45, 2.75) is 84.2 Å². The van der Waals surface area contributed by atoms with Gasteiger partial charge in [-0.15, -0.1) is 21.5 Å². The van der Waals surface area contributed by atoms with Gasteiger partial charge in [0.2, 0.25) is 5.91 Å². The summed E-state index contributed by atoms with van der Waals surface area (Å²) in [5.41, 5.74) is 12.9. The molecule has 13 nitrogen and oxygen atoms in total. The molecule has 0 unspecified atom stereocenters. The number of ether oxygens (including phenoxy) is 1. The third-order valence-electron chi connectivity index (χ3n) is 10.2. The van der Waals surface area contributed by atoms with Crippen LogP contribution in [0.5, 0.6) is 5.75 Å². The zero-order chi connectivity index (χ0) is 38.7. The number of thiazole rings is 1. The van der Waals surface area contributed by atoms with Gasteiger partial charge >= 0.3 is 6.09 Å². The van der Waals surface area contributed by atoms with Crippen molar-refractivity contribution < 1.29 is 24.5 Å². The molecular formula is C40H50N8O5S. The van der Waals surface area contributed by atoms with Crippen molar-refractivity contribution in [3.05, 3.63) is 83.6 Å². The molecule has 2 aliphatic heterocycles. The highest BCUT2D eigenvalue weighted by Crippen LogP contribution is 2.34. The number of benzene rings is 2. The van der Waals surface area contributed by atoms with Gasteiger partial charge in [0.15, 0.2) is 5.82 Å². The van der Waals surface area contributed by atoms with Gasteiger partial charge in [-0.2, -0.15) is 0 Å². The summed E-state index contributed by atoms with van der Waals surface area (Å²) < 4.78 is 5.87. The summed E-state index contributed by atoms with van der Waals surface area (Å²) in [7, 11) is 0. The first-order valence-corrected chi connectivity index (χ1v) is 19.2. The maximum absolute atomic E-state index is 14.2. The number of aromatic nitrogens is 3. The van der Waals surface area contributed by atoms with Crippen LogP contribution < -0.4 is 21.3 Å². The Morgan fingerprint density at radius 1 is 1.07 bits per heavy atom. The maximum atomic E-state index is 14.2. The van der Waals surface area contributed by atoms with Gasteiger partial charge in [-0.3, -0.25) is 4.79 Å². The number of amides is 2. The Kier molecular flexibility index (Phi) is 11.4. The Labute approximate surface area is 320 Å². The summed E-state index contributed by atoms with van der Waals surface area (Å²) in [6.45, 7) is 15.2. The standard InChI is InChI=1S/C40H50N8O5S/c1-23(26-11-13-27(14-12-26)35-25(3)42-22-54-35)43-24(2)32-19-28(49)21-48(32)38(51)36(40(4,5)6)44-39(52)53-29-15-17-47(18-16-29)33-20-31(45-46-37(33)41)30-9-7-8-10-34(30)50/h7-14,20,22-23,28-29,32,36,43,49-50H,2,15-19,21H2,1,3-6H3,(H2,41,46)(H,44,52)/t23-,28+,32-,36+/m0/s1. The van der Waals surface area contributed by atoms with Crippen LogP contribution in [0.2, 0.25) is 0 Å². The van der Waals surface area contributed by atoms with Crippen LogP contribution in [-0.4, -0.2) is 86.2 Å². The molecule has 2 aromatic carbocycles. The monoisotopic (exact) mass is 754 g/mol. The van der Waals surface area contributed by atoms with Crippen LogP contribution in [0.4, 0.5) is 16.3 Å². The van der Waals surface area contributed by atoms with Crippen molar-refractivity contribution in [1.82, 2.24) is 30.7 Å². The normalized spacial score (nSPS) is 18.9. The number of nitrogens with zero attached hydrogens (tertiary/aromatic N) is 5. The van der Waals surface area contributed by atoms with Crippen LogP contribution >= 0.6 is 11.3 Å². The SMILES string of the molecule is C=C(N[C@@H](C)c1ccc(-c2scnc2C)cc1)[C@@H]1C[C@@H](O)CN1C(=O)[C@@H](NC(=O)OC1CCN(c2cc(-c3ccccc3O)nnc2N)CC1)C(C)(C)C. The van der Waals surface area contributed by atoms with Crippen LogP contribution in [0.3, 0.4) is 0 Å². The van der Waals surface area contributed by atoms with Crippen molar-refractivity contribution in [2.24, 2.45) is 5.41 Å². The molecule has 14 heteroatoms. The summed E-state index contributed by atoms with van der Waals surface area (Å²) in [4.78, 5) is 36.8. The predicted molar refractivity (Wildman–Crippen MR) is 211 cm³/mol. The summed E-state index contributed by atoms with van der Waals surface area (Å²) in [6.07, 6.45) is -0.379. The number of phenolic OH excluding ortho intramolecular Hbond substituents is 1. The Morgan fingerprint density at radius 3 is 2.43 bits per heavy atom. The molecule has 2 saturated heterocycles. The van der Waals surface area contributed by atoms with Crippen molar-refractivity contribution in [3.8, 4) is 27.4 Å². The fourth-order valence-corrected chi connectivity index (χ4v) is 7.96. The number of nitrogens with two attached hydrogens (primary N) is 1. The van der Waals surface area contributed by atoms with E-state index in [-0.39, 0.29) is 36.2 Å². The van der Waals surface area contributed by atoms with E-state index in [0.717, 1.165) is 21.7 Å². The molecule has 0 bridgehead atoms. The summed E-state index contributed by atoms with van der Waals surface area (Å²) in [5.74, 6) is 0.0594. The van der Waals surface area contributed by atoms with Gasteiger partial charge in [0.1, 0.15) is 17.9 Å². The fourth-order valence-electron chi connectivity index (χ4n) is 7.15. The number of alkyl carbamates (subject to hydrolysis) is 1. The van der Waals surface area contributed by atoms with E-state index < -0.39 is 29.7 Å². The molecule has 4 heterocycles. The third kappa shape index (κ3) is 8.60. The minimum Gasteiger partial charge on any atom is -0.507 e. The lowest BCUT2D eigenvalue weighted by Crippen LogP contribution is -2.57. The van der Waals surface area contributed by atoms with Crippen molar-refractivity contribution in [3.63, 3.8) is 0 Å². The average molecular weight is 755 g/mol. The minimum absolute atomic E-state index is 0.0977. The van der Waals surface area contributed by atoms with Gasteiger partial charge < -0.3 is 41.1 Å². The molecule has 286 valence electrons. The Bertz CT molecular complexity index is 1970. The Morgan fingerprint density at radius 2 is 1.78 bits per heavy atom. The van der Waals surface area contributed by atoms with Crippen LogP contribution in [0.1, 0.15) is 64.3 Å². The molecule has 0 spiro atoms. The topological polar surface area (TPSA) is 179 Å². The number of hydrogen-bond donors (Lipinski definition) is 5. The van der Waals surface area contributed by atoms with Crippen molar-refractivity contribution >= 4 is 34.8 Å². The number of anilines is 2. The second-order valence-electron chi connectivity index (χ2n) is 15.2. The van der Waals surface area contributed by atoms with E-state index in [4.69, 9.17) is 10.5 Å². The van der Waals surface area contributed by atoms with E-state index >= 15 is 0 Å². The number of phenols is 1. The van der Waals surface area contributed by atoms with Crippen molar-refractivity contribution in [2.75, 3.05) is 30.3 Å². The average Bonchev–Trinajstić information content (AvgIpc) is 3.76. The highest BCUT2D eigenvalue weighted by Gasteiger charge is 2.43. The lowest BCUT2D eigenvalue weighted by Gasteiger charge is -2.37. The summed E-state index contributed by atoms with van der Waals surface area (Å²) in [5, 5.41) is 35.7. The molecule has 6 N–H and O–H groups in total. The number of aliphatic hydroxyl groups excluding tert-OH is 1. The van der Waals surface area contributed by atoms with E-state index in [1.54, 1.807) is 40.5 Å². The van der Waals surface area contributed by atoms with E-state index in [2.05, 4.69) is 61.6 Å². The summed E-state index contributed by atoms with van der Waals surface area (Å²) >= 11 is 1.61. The van der Waals surface area contributed by atoms with Gasteiger partial charge in [-0.25, -0.2) is 9.78 Å². The predicted octanol–water partition coefficient (Wildman–Crippen LogP) is 5.80. The second kappa shape index (κ2) is 16.0. The highest BCUT2D eigenvalue weighted by atomic mass is 32.1. The number of carbonyl (C=O) groups is 2. The highest BCUT2D eigenvalue weighted by molar-refractivity contribution is 7.13. The first-order chi connectivity index (χ1) is 25.7. The van der Waals surface area contributed by atoms with Crippen LogP contribution in [0, 0.1) is 12.3 Å². The summed E-state index contributed by atoms with van der Waals surface area (Å²) in [6, 6.07) is 15.5. The molecule has 0 radical (unpaired) electrons.